The highest BCUT2D eigenvalue weighted by Gasteiger charge is 2.15. The Morgan fingerprint density at radius 2 is 2.06 bits per heavy atom. The summed E-state index contributed by atoms with van der Waals surface area (Å²) in [5, 5.41) is 18.4. The number of tetrazole rings is 1. The second-order valence-corrected chi connectivity index (χ2v) is 7.38. The van der Waals surface area contributed by atoms with Crippen LogP contribution in [0.2, 0.25) is 0 Å². The van der Waals surface area contributed by atoms with Gasteiger partial charge in [0, 0.05) is 11.1 Å². The maximum absolute atomic E-state index is 14.2. The fourth-order valence-corrected chi connectivity index (χ4v) is 3.51. The molecule has 0 aliphatic carbocycles. The van der Waals surface area contributed by atoms with E-state index in [1.54, 1.807) is 25.3 Å². The van der Waals surface area contributed by atoms with Crippen molar-refractivity contribution in [2.75, 3.05) is 10.6 Å². The average Bonchev–Trinajstić information content (AvgIpc) is 3.45. The van der Waals surface area contributed by atoms with Gasteiger partial charge in [-0.05, 0) is 48.5 Å². The van der Waals surface area contributed by atoms with Crippen LogP contribution in [0, 0.1) is 19.7 Å². The fraction of sp³-hybridized carbons (Fsp3) is 0.158. The second-order valence-electron chi connectivity index (χ2n) is 6.52. The topological polar surface area (TPSA) is 128 Å². The monoisotopic (exact) mass is 441 g/mol. The summed E-state index contributed by atoms with van der Waals surface area (Å²) in [4.78, 5) is 28.9. The Kier molecular flexibility index (Phi) is 5.54. The molecule has 12 heteroatoms. The van der Waals surface area contributed by atoms with Crippen LogP contribution in [0.1, 0.15) is 27.6 Å². The maximum atomic E-state index is 14.2. The van der Waals surface area contributed by atoms with E-state index in [9.17, 15) is 14.0 Å². The van der Waals surface area contributed by atoms with Gasteiger partial charge in [-0.3, -0.25) is 14.9 Å². The number of amides is 2. The van der Waals surface area contributed by atoms with Gasteiger partial charge in [0.1, 0.15) is 17.3 Å². The number of hydrogen-bond donors (Lipinski definition) is 2. The molecule has 0 fully saturated rings. The highest BCUT2D eigenvalue weighted by atomic mass is 32.1. The molecule has 158 valence electrons. The van der Waals surface area contributed by atoms with E-state index in [4.69, 9.17) is 4.42 Å². The third-order valence-electron chi connectivity index (χ3n) is 4.30. The summed E-state index contributed by atoms with van der Waals surface area (Å²) in [6.07, 6.45) is 1.41. The smallest absolute Gasteiger partial charge is 0.260 e. The number of benzene rings is 1. The summed E-state index contributed by atoms with van der Waals surface area (Å²) in [6, 6.07) is 5.67. The van der Waals surface area contributed by atoms with E-state index in [0.29, 0.717) is 33.7 Å². The zero-order chi connectivity index (χ0) is 22.0. The van der Waals surface area contributed by atoms with E-state index in [1.165, 1.54) is 40.5 Å². The predicted octanol–water partition coefficient (Wildman–Crippen LogP) is 2.90. The van der Waals surface area contributed by atoms with Crippen LogP contribution < -0.4 is 10.6 Å². The number of nitrogens with one attached hydrogen (secondary N) is 2. The molecule has 1 aromatic carbocycles. The second kappa shape index (κ2) is 8.44. The van der Waals surface area contributed by atoms with Gasteiger partial charge in [-0.1, -0.05) is 0 Å². The SMILES string of the molecule is Cc1occc1C(=O)Nc1nc(CC(=O)Nc2ccc(F)c(-n3nnnc3C)c2)cs1. The number of hydrogen-bond acceptors (Lipinski definition) is 8. The van der Waals surface area contributed by atoms with E-state index < -0.39 is 5.82 Å². The number of carbonyl (C=O) groups is 2. The number of thiazole rings is 1. The van der Waals surface area contributed by atoms with Crippen molar-refractivity contribution in [1.29, 1.82) is 0 Å². The first-order valence-corrected chi connectivity index (χ1v) is 9.93. The molecule has 0 spiro atoms. The Morgan fingerprint density at radius 1 is 1.23 bits per heavy atom. The van der Waals surface area contributed by atoms with Gasteiger partial charge in [0.25, 0.3) is 5.91 Å². The van der Waals surface area contributed by atoms with E-state index in [2.05, 4.69) is 31.1 Å². The summed E-state index contributed by atoms with van der Waals surface area (Å²) in [5.41, 5.74) is 1.41. The molecule has 0 bridgehead atoms. The molecule has 2 amide bonds. The molecule has 0 aliphatic rings. The van der Waals surface area contributed by atoms with Crippen LogP contribution in [0.5, 0.6) is 0 Å². The minimum Gasteiger partial charge on any atom is -0.469 e. The van der Waals surface area contributed by atoms with Gasteiger partial charge in [0.05, 0.1) is 23.9 Å². The van der Waals surface area contributed by atoms with Gasteiger partial charge in [-0.2, -0.15) is 4.68 Å². The molecular formula is C19H16FN7O3S. The number of rotatable bonds is 6. The zero-order valence-corrected chi connectivity index (χ0v) is 17.2. The molecule has 3 heterocycles. The molecule has 0 aliphatic heterocycles. The number of aromatic nitrogens is 5. The molecule has 3 aromatic heterocycles. The molecule has 2 N–H and O–H groups in total. The predicted molar refractivity (Wildman–Crippen MR) is 110 cm³/mol. The van der Waals surface area contributed by atoms with Crippen molar-refractivity contribution in [1.82, 2.24) is 25.2 Å². The summed E-state index contributed by atoms with van der Waals surface area (Å²) in [5.74, 6) is -0.302. The quantitative estimate of drug-likeness (QED) is 0.471. The third-order valence-corrected chi connectivity index (χ3v) is 5.11. The van der Waals surface area contributed by atoms with Gasteiger partial charge >= 0.3 is 0 Å². The summed E-state index contributed by atoms with van der Waals surface area (Å²) in [7, 11) is 0. The molecule has 0 saturated heterocycles. The Labute approximate surface area is 179 Å². The normalized spacial score (nSPS) is 10.8. The number of nitrogens with zero attached hydrogens (tertiary/aromatic N) is 5. The lowest BCUT2D eigenvalue weighted by molar-refractivity contribution is -0.115. The standard InChI is InChI=1S/C19H16FN7O3S/c1-10-14(5-6-30-10)18(29)23-19-22-13(9-31-19)8-17(28)21-12-3-4-15(20)16(7-12)27-11(2)24-25-26-27/h3-7,9H,8H2,1-2H3,(H,21,28)(H,22,23,29). The molecule has 0 unspecified atom stereocenters. The first kappa shape index (κ1) is 20.3. The van der Waals surface area contributed by atoms with Crippen molar-refractivity contribution >= 4 is 34.0 Å². The van der Waals surface area contributed by atoms with Crippen molar-refractivity contribution in [3.63, 3.8) is 0 Å². The van der Waals surface area contributed by atoms with E-state index >= 15 is 0 Å². The van der Waals surface area contributed by atoms with E-state index in [-0.39, 0.29) is 23.9 Å². The molecule has 4 aromatic rings. The molecule has 0 radical (unpaired) electrons. The largest absolute Gasteiger partial charge is 0.469 e. The molecular weight excluding hydrogens is 425 g/mol. The number of aryl methyl sites for hydroxylation is 2. The van der Waals surface area contributed by atoms with Gasteiger partial charge in [0.2, 0.25) is 5.91 Å². The first-order chi connectivity index (χ1) is 14.9. The lowest BCUT2D eigenvalue weighted by atomic mass is 10.2. The number of anilines is 2. The zero-order valence-electron chi connectivity index (χ0n) is 16.4. The van der Waals surface area contributed by atoms with Gasteiger partial charge < -0.3 is 9.73 Å². The molecule has 31 heavy (non-hydrogen) atoms. The molecule has 4 rings (SSSR count). The van der Waals surface area contributed by atoms with Crippen molar-refractivity contribution in [3.8, 4) is 5.69 Å². The van der Waals surface area contributed by atoms with E-state index in [0.717, 1.165) is 0 Å². The number of carbonyl (C=O) groups excluding carboxylic acids is 2. The van der Waals surface area contributed by atoms with Crippen LogP contribution >= 0.6 is 11.3 Å². The molecule has 10 nitrogen and oxygen atoms in total. The number of halogens is 1. The fourth-order valence-electron chi connectivity index (χ4n) is 2.81. The highest BCUT2D eigenvalue weighted by molar-refractivity contribution is 7.14. The van der Waals surface area contributed by atoms with Gasteiger partial charge in [-0.25, -0.2) is 9.37 Å². The molecule has 0 atom stereocenters. The van der Waals surface area contributed by atoms with Crippen molar-refractivity contribution in [2.24, 2.45) is 0 Å². The lowest BCUT2D eigenvalue weighted by Gasteiger charge is -2.08. The first-order valence-electron chi connectivity index (χ1n) is 9.05. The van der Waals surface area contributed by atoms with Gasteiger partial charge in [0.15, 0.2) is 11.0 Å². The Hall–Kier alpha value is -3.93. The van der Waals surface area contributed by atoms with E-state index in [1.807, 2.05) is 0 Å². The Balaban J connectivity index is 1.40. The average molecular weight is 441 g/mol. The van der Waals surface area contributed by atoms with Crippen LogP contribution in [0.15, 0.2) is 40.3 Å². The lowest BCUT2D eigenvalue weighted by Crippen LogP contribution is -2.16. The minimum absolute atomic E-state index is 0.0201. The van der Waals surface area contributed by atoms with Crippen LogP contribution in [0.25, 0.3) is 5.69 Å². The minimum atomic E-state index is -0.527. The Bertz CT molecular complexity index is 1260. The van der Waals surface area contributed by atoms with Crippen molar-refractivity contribution < 1.29 is 18.4 Å². The van der Waals surface area contributed by atoms with Crippen LogP contribution in [-0.4, -0.2) is 37.0 Å². The van der Waals surface area contributed by atoms with Gasteiger partial charge in [-0.15, -0.1) is 16.4 Å². The van der Waals surface area contributed by atoms with Crippen LogP contribution in [0.3, 0.4) is 0 Å². The number of furan rings is 1. The van der Waals surface area contributed by atoms with Crippen LogP contribution in [0.4, 0.5) is 15.2 Å². The summed E-state index contributed by atoms with van der Waals surface area (Å²) < 4.78 is 20.5. The summed E-state index contributed by atoms with van der Waals surface area (Å²) in [6.45, 7) is 3.32. The highest BCUT2D eigenvalue weighted by Crippen LogP contribution is 2.21. The summed E-state index contributed by atoms with van der Waals surface area (Å²) >= 11 is 1.20. The molecule has 0 saturated carbocycles. The third kappa shape index (κ3) is 4.48. The van der Waals surface area contributed by atoms with Crippen LogP contribution in [-0.2, 0) is 11.2 Å². The van der Waals surface area contributed by atoms with Crippen molar-refractivity contribution in [3.05, 3.63) is 64.6 Å². The Morgan fingerprint density at radius 3 is 2.77 bits per heavy atom. The van der Waals surface area contributed by atoms with Crippen molar-refractivity contribution in [2.45, 2.75) is 20.3 Å². The maximum Gasteiger partial charge on any atom is 0.260 e.